The van der Waals surface area contributed by atoms with Crippen LogP contribution in [-0.2, 0) is 0 Å². The fourth-order valence-electron chi connectivity index (χ4n) is 2.08. The van der Waals surface area contributed by atoms with Gasteiger partial charge in [-0.2, -0.15) is 0 Å². The van der Waals surface area contributed by atoms with Crippen LogP contribution in [0.25, 0.3) is 16.7 Å². The van der Waals surface area contributed by atoms with Gasteiger partial charge in [-0.05, 0) is 18.2 Å². The zero-order valence-electron chi connectivity index (χ0n) is 9.56. The summed E-state index contributed by atoms with van der Waals surface area (Å²) in [7, 11) is -1.50. The molecule has 2 N–H and O–H groups in total. The van der Waals surface area contributed by atoms with E-state index >= 15 is 0 Å². The molecule has 0 amide bonds. The SMILES string of the molecule is OB(O)c1ccccc1-n1cnc2ccccc21. The Morgan fingerprint density at radius 3 is 2.50 bits per heavy atom. The van der Waals surface area contributed by atoms with Crippen molar-refractivity contribution in [1.29, 1.82) is 0 Å². The number of aromatic nitrogens is 2. The first-order valence-corrected chi connectivity index (χ1v) is 5.65. The van der Waals surface area contributed by atoms with Gasteiger partial charge in [-0.15, -0.1) is 0 Å². The van der Waals surface area contributed by atoms with E-state index in [1.54, 1.807) is 18.5 Å². The second-order valence-corrected chi connectivity index (χ2v) is 4.04. The number of benzene rings is 2. The summed E-state index contributed by atoms with van der Waals surface area (Å²) >= 11 is 0. The summed E-state index contributed by atoms with van der Waals surface area (Å²) in [5, 5.41) is 18.8. The van der Waals surface area contributed by atoms with Gasteiger partial charge in [-0.1, -0.05) is 30.3 Å². The van der Waals surface area contributed by atoms with Gasteiger partial charge < -0.3 is 10.0 Å². The Labute approximate surface area is 104 Å². The van der Waals surface area contributed by atoms with Crippen molar-refractivity contribution in [2.45, 2.75) is 0 Å². The molecule has 4 nitrogen and oxygen atoms in total. The van der Waals surface area contributed by atoms with Crippen LogP contribution in [0.3, 0.4) is 0 Å². The number of fused-ring (bicyclic) bond motifs is 1. The Morgan fingerprint density at radius 1 is 0.944 bits per heavy atom. The normalized spacial score (nSPS) is 10.8. The van der Waals surface area contributed by atoms with Crippen molar-refractivity contribution in [2.75, 3.05) is 0 Å². The predicted octanol–water partition coefficient (Wildman–Crippen LogP) is 0.705. The van der Waals surface area contributed by atoms with Crippen LogP contribution in [0.15, 0.2) is 54.9 Å². The molecule has 0 aliphatic rings. The van der Waals surface area contributed by atoms with E-state index in [4.69, 9.17) is 0 Å². The van der Waals surface area contributed by atoms with Gasteiger partial charge in [-0.3, -0.25) is 4.57 Å². The number of hydrogen-bond acceptors (Lipinski definition) is 3. The molecule has 0 atom stereocenters. The summed E-state index contributed by atoms with van der Waals surface area (Å²) in [5.74, 6) is 0. The van der Waals surface area contributed by atoms with E-state index in [9.17, 15) is 10.0 Å². The molecule has 3 aromatic rings. The van der Waals surface area contributed by atoms with Crippen molar-refractivity contribution in [3.05, 3.63) is 54.9 Å². The minimum Gasteiger partial charge on any atom is -0.423 e. The van der Waals surface area contributed by atoms with Crippen molar-refractivity contribution < 1.29 is 10.0 Å². The number of hydrogen-bond donors (Lipinski definition) is 2. The molecule has 1 heterocycles. The molecule has 3 rings (SSSR count). The highest BCUT2D eigenvalue weighted by Gasteiger charge is 2.17. The summed E-state index contributed by atoms with van der Waals surface area (Å²) in [6, 6.07) is 14.9. The van der Waals surface area contributed by atoms with Crippen LogP contribution in [0.1, 0.15) is 0 Å². The first-order chi connectivity index (χ1) is 8.77. The molecular weight excluding hydrogens is 227 g/mol. The minimum absolute atomic E-state index is 0.459. The molecule has 2 aromatic carbocycles. The second kappa shape index (κ2) is 4.29. The van der Waals surface area contributed by atoms with Crippen LogP contribution in [-0.4, -0.2) is 26.7 Å². The van der Waals surface area contributed by atoms with E-state index in [1.165, 1.54) is 0 Å². The summed E-state index contributed by atoms with van der Waals surface area (Å²) in [4.78, 5) is 4.30. The van der Waals surface area contributed by atoms with Crippen LogP contribution in [0.4, 0.5) is 0 Å². The Bertz CT molecular complexity index is 694. The van der Waals surface area contributed by atoms with Gasteiger partial charge in [0.15, 0.2) is 0 Å². The number of imidazole rings is 1. The first kappa shape index (κ1) is 11.0. The molecule has 0 bridgehead atoms. The van der Waals surface area contributed by atoms with Gasteiger partial charge in [0.25, 0.3) is 0 Å². The van der Waals surface area contributed by atoms with Crippen LogP contribution in [0.2, 0.25) is 0 Å². The Morgan fingerprint density at radius 2 is 1.67 bits per heavy atom. The average Bonchev–Trinajstić information content (AvgIpc) is 2.82. The number of para-hydroxylation sites is 3. The lowest BCUT2D eigenvalue weighted by molar-refractivity contribution is 0.425. The first-order valence-electron chi connectivity index (χ1n) is 5.65. The van der Waals surface area contributed by atoms with Gasteiger partial charge in [0.05, 0.1) is 11.0 Å². The molecule has 0 fully saturated rings. The maximum Gasteiger partial charge on any atom is 0.490 e. The van der Waals surface area contributed by atoms with Crippen molar-refractivity contribution in [3.8, 4) is 5.69 Å². The largest absolute Gasteiger partial charge is 0.490 e. The summed E-state index contributed by atoms with van der Waals surface area (Å²) in [6.07, 6.45) is 1.69. The van der Waals surface area contributed by atoms with Crippen molar-refractivity contribution in [1.82, 2.24) is 9.55 Å². The smallest absolute Gasteiger partial charge is 0.423 e. The molecule has 1 aromatic heterocycles. The second-order valence-electron chi connectivity index (χ2n) is 4.04. The van der Waals surface area contributed by atoms with Gasteiger partial charge in [0.2, 0.25) is 0 Å². The molecule has 0 saturated heterocycles. The molecule has 0 saturated carbocycles. The summed E-state index contributed by atoms with van der Waals surface area (Å²) in [5.41, 5.74) is 2.99. The van der Waals surface area contributed by atoms with Crippen LogP contribution >= 0.6 is 0 Å². The van der Waals surface area contributed by atoms with Crippen LogP contribution in [0, 0.1) is 0 Å². The van der Waals surface area contributed by atoms with E-state index in [-0.39, 0.29) is 0 Å². The van der Waals surface area contributed by atoms with Gasteiger partial charge in [-0.25, -0.2) is 4.98 Å². The molecule has 0 aliphatic heterocycles. The average molecular weight is 238 g/mol. The van der Waals surface area contributed by atoms with E-state index in [0.29, 0.717) is 5.46 Å². The van der Waals surface area contributed by atoms with Gasteiger partial charge in [0.1, 0.15) is 6.33 Å². The molecule has 0 aliphatic carbocycles. The lowest BCUT2D eigenvalue weighted by Gasteiger charge is -2.10. The fraction of sp³-hybridized carbons (Fsp3) is 0. The highest BCUT2D eigenvalue weighted by molar-refractivity contribution is 6.60. The third kappa shape index (κ3) is 1.70. The predicted molar refractivity (Wildman–Crippen MR) is 70.9 cm³/mol. The van der Waals surface area contributed by atoms with E-state index < -0.39 is 7.12 Å². The molecule has 88 valence electrons. The Kier molecular flexibility index (Phi) is 2.62. The maximum atomic E-state index is 9.40. The Hall–Kier alpha value is -2.11. The topological polar surface area (TPSA) is 58.3 Å². The van der Waals surface area contributed by atoms with Gasteiger partial charge >= 0.3 is 7.12 Å². The maximum absolute atomic E-state index is 9.40. The molecule has 5 heteroatoms. The monoisotopic (exact) mass is 238 g/mol. The summed E-state index contributed by atoms with van der Waals surface area (Å²) < 4.78 is 1.85. The van der Waals surface area contributed by atoms with Crippen molar-refractivity contribution in [2.24, 2.45) is 0 Å². The molecular formula is C13H11BN2O2. The quantitative estimate of drug-likeness (QED) is 0.646. The lowest BCUT2D eigenvalue weighted by atomic mass is 9.79. The lowest BCUT2D eigenvalue weighted by Crippen LogP contribution is -2.33. The summed E-state index contributed by atoms with van der Waals surface area (Å²) in [6.45, 7) is 0. The van der Waals surface area contributed by atoms with Crippen molar-refractivity contribution >= 4 is 23.6 Å². The van der Waals surface area contributed by atoms with Crippen LogP contribution < -0.4 is 5.46 Å². The zero-order valence-corrected chi connectivity index (χ0v) is 9.56. The zero-order chi connectivity index (χ0) is 12.5. The third-order valence-electron chi connectivity index (χ3n) is 2.93. The minimum atomic E-state index is -1.50. The van der Waals surface area contributed by atoms with E-state index in [0.717, 1.165) is 16.7 Å². The van der Waals surface area contributed by atoms with Crippen molar-refractivity contribution in [3.63, 3.8) is 0 Å². The Balaban J connectivity index is 2.27. The highest BCUT2D eigenvalue weighted by Crippen LogP contribution is 2.16. The molecule has 0 radical (unpaired) electrons. The highest BCUT2D eigenvalue weighted by atomic mass is 16.4. The number of nitrogens with zero attached hydrogens (tertiary/aromatic N) is 2. The van der Waals surface area contributed by atoms with E-state index in [1.807, 2.05) is 41.0 Å². The molecule has 0 unspecified atom stereocenters. The van der Waals surface area contributed by atoms with E-state index in [2.05, 4.69) is 4.98 Å². The third-order valence-corrected chi connectivity index (χ3v) is 2.93. The standard InChI is InChI=1S/C13H11BN2O2/c17-14(18)10-5-1-3-7-12(10)16-9-15-11-6-2-4-8-13(11)16/h1-9,17-18H. The van der Waals surface area contributed by atoms with Crippen LogP contribution in [0.5, 0.6) is 0 Å². The van der Waals surface area contributed by atoms with Gasteiger partial charge in [0, 0.05) is 11.2 Å². The molecule has 0 spiro atoms. The fourth-order valence-corrected chi connectivity index (χ4v) is 2.08. The molecule has 18 heavy (non-hydrogen) atoms. The number of rotatable bonds is 2.